The van der Waals surface area contributed by atoms with Crippen LogP contribution in [0.3, 0.4) is 0 Å². The quantitative estimate of drug-likeness (QED) is 0.712. The summed E-state index contributed by atoms with van der Waals surface area (Å²) >= 11 is 0. The van der Waals surface area contributed by atoms with E-state index in [1.807, 2.05) is 0 Å². The van der Waals surface area contributed by atoms with Gasteiger partial charge in [0.15, 0.2) is 0 Å². The molecule has 1 aromatic carbocycles. The fourth-order valence-electron chi connectivity index (χ4n) is 1.83. The Morgan fingerprint density at radius 1 is 1.40 bits per heavy atom. The van der Waals surface area contributed by atoms with Crippen LogP contribution in [0, 0.1) is 17.1 Å². The predicted molar refractivity (Wildman–Crippen MR) is 66.6 cm³/mol. The summed E-state index contributed by atoms with van der Waals surface area (Å²) in [6.45, 7) is 0. The van der Waals surface area contributed by atoms with Crippen LogP contribution in [0.15, 0.2) is 35.2 Å². The number of halogens is 1. The molecule has 0 spiro atoms. The summed E-state index contributed by atoms with van der Waals surface area (Å²) in [7, 11) is 1.79. The molecule has 3 aromatic rings. The van der Waals surface area contributed by atoms with Crippen LogP contribution in [-0.4, -0.2) is 19.7 Å². The van der Waals surface area contributed by atoms with Gasteiger partial charge in [-0.1, -0.05) is 11.2 Å². The van der Waals surface area contributed by atoms with E-state index in [1.165, 1.54) is 12.1 Å². The standard InChI is InChI=1S/C13H8FN5O/c1-19-7-16-6-11(19)12-17-13(20-18-12)8-3-2-4-10(14)9(8)5-15/h2-4,6-7H,1H3. The van der Waals surface area contributed by atoms with Crippen molar-refractivity contribution >= 4 is 0 Å². The number of aryl methyl sites for hydroxylation is 1. The molecule has 7 heteroatoms. The summed E-state index contributed by atoms with van der Waals surface area (Å²) in [5.74, 6) is -0.198. The molecular formula is C13H8FN5O. The van der Waals surface area contributed by atoms with Crippen molar-refractivity contribution in [2.75, 3.05) is 0 Å². The van der Waals surface area contributed by atoms with E-state index in [9.17, 15) is 4.39 Å². The molecule has 0 saturated carbocycles. The fourth-order valence-corrected chi connectivity index (χ4v) is 1.83. The second-order valence-electron chi connectivity index (χ2n) is 4.09. The first-order valence-corrected chi connectivity index (χ1v) is 5.70. The lowest BCUT2D eigenvalue weighted by molar-refractivity contribution is 0.431. The summed E-state index contributed by atoms with van der Waals surface area (Å²) in [5, 5.41) is 12.8. The van der Waals surface area contributed by atoms with E-state index in [2.05, 4.69) is 15.1 Å². The summed E-state index contributed by atoms with van der Waals surface area (Å²) < 4.78 is 20.4. The van der Waals surface area contributed by atoms with E-state index in [-0.39, 0.29) is 17.0 Å². The number of hydrogen-bond donors (Lipinski definition) is 0. The average molecular weight is 269 g/mol. The average Bonchev–Trinajstić information content (AvgIpc) is 3.06. The van der Waals surface area contributed by atoms with Gasteiger partial charge in [-0.3, -0.25) is 0 Å². The minimum atomic E-state index is -0.620. The van der Waals surface area contributed by atoms with E-state index in [1.54, 1.807) is 36.3 Å². The molecule has 2 heterocycles. The highest BCUT2D eigenvalue weighted by Crippen LogP contribution is 2.25. The molecule has 3 rings (SSSR count). The van der Waals surface area contributed by atoms with Crippen LogP contribution in [0.5, 0.6) is 0 Å². The molecule has 0 radical (unpaired) electrons. The van der Waals surface area contributed by atoms with E-state index in [0.29, 0.717) is 11.5 Å². The molecule has 0 atom stereocenters. The normalized spacial score (nSPS) is 10.4. The Hall–Kier alpha value is -3.01. The summed E-state index contributed by atoms with van der Waals surface area (Å²) in [6, 6.07) is 6.05. The zero-order chi connectivity index (χ0) is 14.1. The third kappa shape index (κ3) is 1.83. The third-order valence-corrected chi connectivity index (χ3v) is 2.83. The first-order valence-electron chi connectivity index (χ1n) is 5.70. The van der Waals surface area contributed by atoms with Crippen molar-refractivity contribution in [1.82, 2.24) is 19.7 Å². The van der Waals surface area contributed by atoms with Crippen LogP contribution >= 0.6 is 0 Å². The Labute approximate surface area is 113 Å². The maximum atomic E-state index is 13.6. The maximum Gasteiger partial charge on any atom is 0.259 e. The smallest absolute Gasteiger partial charge is 0.259 e. The second-order valence-corrected chi connectivity index (χ2v) is 4.09. The van der Waals surface area contributed by atoms with Crippen molar-refractivity contribution < 1.29 is 8.91 Å². The van der Waals surface area contributed by atoms with E-state index in [0.717, 1.165) is 0 Å². The number of hydrogen-bond acceptors (Lipinski definition) is 5. The third-order valence-electron chi connectivity index (χ3n) is 2.83. The number of aromatic nitrogens is 4. The van der Waals surface area contributed by atoms with Gasteiger partial charge in [0.25, 0.3) is 5.89 Å². The van der Waals surface area contributed by atoms with Crippen molar-refractivity contribution in [1.29, 1.82) is 5.26 Å². The van der Waals surface area contributed by atoms with E-state index >= 15 is 0 Å². The van der Waals surface area contributed by atoms with Gasteiger partial charge in [-0.15, -0.1) is 0 Å². The molecule has 0 aliphatic heterocycles. The van der Waals surface area contributed by atoms with E-state index < -0.39 is 5.82 Å². The van der Waals surface area contributed by atoms with Crippen molar-refractivity contribution in [3.8, 4) is 29.0 Å². The molecule has 0 fully saturated rings. The Morgan fingerprint density at radius 3 is 2.95 bits per heavy atom. The molecule has 0 aliphatic rings. The van der Waals surface area contributed by atoms with Gasteiger partial charge < -0.3 is 9.09 Å². The van der Waals surface area contributed by atoms with E-state index in [4.69, 9.17) is 9.78 Å². The molecule has 0 unspecified atom stereocenters. The van der Waals surface area contributed by atoms with Crippen molar-refractivity contribution in [3.05, 3.63) is 42.1 Å². The van der Waals surface area contributed by atoms with Gasteiger partial charge in [-0.25, -0.2) is 9.37 Å². The Balaban J connectivity index is 2.10. The molecule has 0 aliphatic carbocycles. The molecule has 0 saturated heterocycles. The molecule has 0 bridgehead atoms. The number of benzene rings is 1. The Morgan fingerprint density at radius 2 is 2.25 bits per heavy atom. The van der Waals surface area contributed by atoms with Crippen LogP contribution in [-0.2, 0) is 7.05 Å². The van der Waals surface area contributed by atoms with Crippen molar-refractivity contribution in [2.45, 2.75) is 0 Å². The molecule has 0 N–H and O–H groups in total. The lowest BCUT2D eigenvalue weighted by Gasteiger charge is -1.98. The minimum absolute atomic E-state index is 0.0947. The van der Waals surface area contributed by atoms with Crippen molar-refractivity contribution in [3.63, 3.8) is 0 Å². The fraction of sp³-hybridized carbons (Fsp3) is 0.0769. The largest absolute Gasteiger partial charge is 0.334 e. The van der Waals surface area contributed by atoms with Crippen LogP contribution < -0.4 is 0 Å². The number of nitriles is 1. The van der Waals surface area contributed by atoms with Gasteiger partial charge in [0.05, 0.1) is 18.1 Å². The highest BCUT2D eigenvalue weighted by molar-refractivity contribution is 5.65. The molecule has 0 amide bonds. The van der Waals surface area contributed by atoms with Gasteiger partial charge >= 0.3 is 0 Å². The van der Waals surface area contributed by atoms with Gasteiger partial charge in [0.2, 0.25) is 5.82 Å². The zero-order valence-electron chi connectivity index (χ0n) is 10.4. The zero-order valence-corrected chi connectivity index (χ0v) is 10.4. The molecular weight excluding hydrogens is 261 g/mol. The Kier molecular flexibility index (Phi) is 2.76. The minimum Gasteiger partial charge on any atom is -0.334 e. The van der Waals surface area contributed by atoms with Crippen LogP contribution in [0.4, 0.5) is 4.39 Å². The van der Waals surface area contributed by atoms with Crippen LogP contribution in [0.2, 0.25) is 0 Å². The summed E-state index contributed by atoms with van der Waals surface area (Å²) in [6.07, 6.45) is 3.19. The number of rotatable bonds is 2. The second kappa shape index (κ2) is 4.59. The molecule has 98 valence electrons. The molecule has 2 aromatic heterocycles. The number of nitrogens with zero attached hydrogens (tertiary/aromatic N) is 5. The van der Waals surface area contributed by atoms with Gasteiger partial charge in [-0.05, 0) is 12.1 Å². The van der Waals surface area contributed by atoms with Crippen LogP contribution in [0.1, 0.15) is 5.56 Å². The molecule has 6 nitrogen and oxygen atoms in total. The highest BCUT2D eigenvalue weighted by Gasteiger charge is 2.17. The highest BCUT2D eigenvalue weighted by atomic mass is 19.1. The number of imidazole rings is 1. The Bertz CT molecular complexity index is 814. The first-order chi connectivity index (χ1) is 9.70. The monoisotopic (exact) mass is 269 g/mol. The van der Waals surface area contributed by atoms with Crippen LogP contribution in [0.25, 0.3) is 23.0 Å². The lowest BCUT2D eigenvalue weighted by Crippen LogP contribution is -1.92. The lowest BCUT2D eigenvalue weighted by atomic mass is 10.1. The van der Waals surface area contributed by atoms with Gasteiger partial charge in [-0.2, -0.15) is 10.2 Å². The maximum absolute atomic E-state index is 13.6. The summed E-state index contributed by atoms with van der Waals surface area (Å²) in [5.41, 5.74) is 0.816. The predicted octanol–water partition coefficient (Wildman–Crippen LogP) is 2.15. The molecule has 20 heavy (non-hydrogen) atoms. The first kappa shape index (κ1) is 12.0. The van der Waals surface area contributed by atoms with Gasteiger partial charge in [0.1, 0.15) is 23.1 Å². The van der Waals surface area contributed by atoms with Crippen molar-refractivity contribution in [2.24, 2.45) is 7.05 Å². The topological polar surface area (TPSA) is 80.5 Å². The SMILES string of the molecule is Cn1cncc1-c1noc(-c2cccc(F)c2C#N)n1. The van der Waals surface area contributed by atoms with Gasteiger partial charge in [0, 0.05) is 7.05 Å². The summed E-state index contributed by atoms with van der Waals surface area (Å²) in [4.78, 5) is 8.13.